The van der Waals surface area contributed by atoms with Crippen molar-refractivity contribution in [3.05, 3.63) is 59.4 Å². The van der Waals surface area contributed by atoms with Gasteiger partial charge in [-0.2, -0.15) is 0 Å². The fourth-order valence-electron chi connectivity index (χ4n) is 4.36. The molecule has 1 N–H and O–H groups in total. The molecule has 3 rings (SSSR count). The van der Waals surface area contributed by atoms with Crippen LogP contribution in [0, 0.1) is 11.7 Å². The van der Waals surface area contributed by atoms with Crippen molar-refractivity contribution < 1.29 is 28.2 Å². The molecule has 0 aliphatic carbocycles. The van der Waals surface area contributed by atoms with Crippen LogP contribution in [0.2, 0.25) is 0 Å². The fourth-order valence-corrected chi connectivity index (χ4v) is 4.36. The largest absolute Gasteiger partial charge is 0.491 e. The van der Waals surface area contributed by atoms with Gasteiger partial charge in [0.1, 0.15) is 18.2 Å². The third-order valence-electron chi connectivity index (χ3n) is 6.58. The van der Waals surface area contributed by atoms with E-state index in [0.717, 1.165) is 0 Å². The van der Waals surface area contributed by atoms with E-state index in [-0.39, 0.29) is 48.8 Å². The van der Waals surface area contributed by atoms with Crippen LogP contribution in [0.5, 0.6) is 5.75 Å². The van der Waals surface area contributed by atoms with E-state index in [0.29, 0.717) is 29.9 Å². The fraction of sp³-hybridized carbons (Fsp3) is 0.464. The van der Waals surface area contributed by atoms with Gasteiger partial charge in [-0.05, 0) is 57.4 Å². The lowest BCUT2D eigenvalue weighted by Crippen LogP contribution is -2.50. The number of anilines is 1. The number of rotatable bonds is 5. The van der Waals surface area contributed by atoms with Crippen LogP contribution >= 0.6 is 0 Å². The Bertz CT molecular complexity index is 1140. The number of ether oxygens (including phenoxy) is 2. The van der Waals surface area contributed by atoms with Crippen LogP contribution in [0.4, 0.5) is 10.1 Å². The first-order valence-corrected chi connectivity index (χ1v) is 12.6. The first kappa shape index (κ1) is 29.1. The lowest BCUT2D eigenvalue weighted by atomic mass is 10.0. The van der Waals surface area contributed by atoms with Crippen LogP contribution in [-0.4, -0.2) is 99.1 Å². The zero-order chi connectivity index (χ0) is 28.0. The molecule has 0 radical (unpaired) electrons. The molecule has 1 heterocycles. The standard InChI is InChI=1S/C28H37FN4O5/c1-18-14-33(26(34)16-31(3)4)19(2)17-38-24-13-22(30-27(35)20-7-9-21(29)10-8-20)11-12-23(24)28(36)32(5)15-25(18)37-6/h7-13,18-19,25H,14-17H2,1-6H3,(H,30,35)/t18-,19+,25+/m0/s1. The summed E-state index contributed by atoms with van der Waals surface area (Å²) in [6.07, 6.45) is -0.288. The van der Waals surface area contributed by atoms with Gasteiger partial charge in [-0.3, -0.25) is 14.4 Å². The number of nitrogens with zero attached hydrogens (tertiary/aromatic N) is 3. The molecular weight excluding hydrogens is 491 g/mol. The predicted molar refractivity (Wildman–Crippen MR) is 143 cm³/mol. The number of hydrogen-bond acceptors (Lipinski definition) is 6. The zero-order valence-electron chi connectivity index (χ0n) is 22.9. The minimum absolute atomic E-state index is 0.0326. The monoisotopic (exact) mass is 528 g/mol. The minimum atomic E-state index is -0.435. The predicted octanol–water partition coefficient (Wildman–Crippen LogP) is 2.97. The average molecular weight is 529 g/mol. The van der Waals surface area contributed by atoms with Crippen LogP contribution < -0.4 is 10.1 Å². The summed E-state index contributed by atoms with van der Waals surface area (Å²) < 4.78 is 25.1. The number of likely N-dealkylation sites (N-methyl/N-ethyl adjacent to an activating group) is 2. The van der Waals surface area contributed by atoms with Crippen molar-refractivity contribution in [2.24, 2.45) is 5.92 Å². The smallest absolute Gasteiger partial charge is 0.257 e. The Balaban J connectivity index is 1.93. The van der Waals surface area contributed by atoms with Crippen molar-refractivity contribution in [2.45, 2.75) is 26.0 Å². The van der Waals surface area contributed by atoms with Gasteiger partial charge in [-0.15, -0.1) is 0 Å². The summed E-state index contributed by atoms with van der Waals surface area (Å²) in [5, 5.41) is 2.77. The van der Waals surface area contributed by atoms with Crippen LogP contribution in [0.25, 0.3) is 0 Å². The number of carbonyl (C=O) groups is 3. The molecule has 206 valence electrons. The van der Waals surface area contributed by atoms with Crippen molar-refractivity contribution in [1.82, 2.24) is 14.7 Å². The van der Waals surface area contributed by atoms with Crippen molar-refractivity contribution in [2.75, 3.05) is 59.8 Å². The molecule has 2 aromatic carbocycles. The van der Waals surface area contributed by atoms with Crippen molar-refractivity contribution >= 4 is 23.4 Å². The van der Waals surface area contributed by atoms with Crippen molar-refractivity contribution in [3.63, 3.8) is 0 Å². The van der Waals surface area contributed by atoms with Crippen LogP contribution in [-0.2, 0) is 9.53 Å². The summed E-state index contributed by atoms with van der Waals surface area (Å²) in [6.45, 7) is 5.07. The Morgan fingerprint density at radius 1 is 1.13 bits per heavy atom. The van der Waals surface area contributed by atoms with Gasteiger partial charge in [0.2, 0.25) is 5.91 Å². The van der Waals surface area contributed by atoms with Crippen LogP contribution in [0.15, 0.2) is 42.5 Å². The Morgan fingerprint density at radius 2 is 1.82 bits per heavy atom. The number of hydrogen-bond donors (Lipinski definition) is 1. The molecule has 1 aliphatic rings. The maximum Gasteiger partial charge on any atom is 0.257 e. The lowest BCUT2D eigenvalue weighted by Gasteiger charge is -2.36. The van der Waals surface area contributed by atoms with Gasteiger partial charge in [0.25, 0.3) is 11.8 Å². The number of benzene rings is 2. The number of methoxy groups -OCH3 is 1. The molecule has 10 heteroatoms. The van der Waals surface area contributed by atoms with E-state index in [1.165, 1.54) is 24.3 Å². The van der Waals surface area contributed by atoms with E-state index in [1.807, 2.05) is 32.8 Å². The third-order valence-corrected chi connectivity index (χ3v) is 6.58. The summed E-state index contributed by atoms with van der Waals surface area (Å²) in [6, 6.07) is 9.72. The molecule has 9 nitrogen and oxygen atoms in total. The summed E-state index contributed by atoms with van der Waals surface area (Å²) in [5.74, 6) is -0.892. The highest BCUT2D eigenvalue weighted by molar-refractivity contribution is 6.05. The maximum absolute atomic E-state index is 13.4. The second-order valence-corrected chi connectivity index (χ2v) is 10.1. The SMILES string of the molecule is CO[C@@H]1CN(C)C(=O)c2ccc(NC(=O)c3ccc(F)cc3)cc2OC[C@@H](C)N(C(=O)CN(C)C)C[C@@H]1C. The molecule has 0 aromatic heterocycles. The summed E-state index contributed by atoms with van der Waals surface area (Å²) in [4.78, 5) is 44.3. The minimum Gasteiger partial charge on any atom is -0.491 e. The number of nitrogens with one attached hydrogen (secondary N) is 1. The second-order valence-electron chi connectivity index (χ2n) is 10.1. The lowest BCUT2D eigenvalue weighted by molar-refractivity contribution is -0.136. The molecule has 1 aliphatic heterocycles. The maximum atomic E-state index is 13.4. The molecule has 0 fully saturated rings. The van der Waals surface area contributed by atoms with Gasteiger partial charge in [-0.1, -0.05) is 6.92 Å². The van der Waals surface area contributed by atoms with E-state index in [9.17, 15) is 18.8 Å². The topological polar surface area (TPSA) is 91.4 Å². The molecule has 3 amide bonds. The first-order chi connectivity index (χ1) is 18.0. The van der Waals surface area contributed by atoms with E-state index >= 15 is 0 Å². The first-order valence-electron chi connectivity index (χ1n) is 12.6. The number of amides is 3. The van der Waals surface area contributed by atoms with Gasteiger partial charge in [0.15, 0.2) is 0 Å². The van der Waals surface area contributed by atoms with E-state index in [4.69, 9.17) is 9.47 Å². The molecule has 2 aromatic rings. The van der Waals surface area contributed by atoms with Gasteiger partial charge in [0, 0.05) is 50.5 Å². The average Bonchev–Trinajstić information content (AvgIpc) is 2.87. The second kappa shape index (κ2) is 12.8. The van der Waals surface area contributed by atoms with Crippen LogP contribution in [0.1, 0.15) is 34.6 Å². The molecule has 3 atom stereocenters. The number of fused-ring (bicyclic) bond motifs is 1. The van der Waals surface area contributed by atoms with Crippen molar-refractivity contribution in [1.29, 1.82) is 0 Å². The van der Waals surface area contributed by atoms with E-state index in [2.05, 4.69) is 5.32 Å². The Kier molecular flexibility index (Phi) is 9.82. The third kappa shape index (κ3) is 7.29. The van der Waals surface area contributed by atoms with E-state index in [1.54, 1.807) is 42.2 Å². The number of halogens is 1. The number of carbonyl (C=O) groups excluding carboxylic acids is 3. The van der Waals surface area contributed by atoms with Gasteiger partial charge < -0.3 is 29.5 Å². The Morgan fingerprint density at radius 3 is 2.45 bits per heavy atom. The highest BCUT2D eigenvalue weighted by Crippen LogP contribution is 2.27. The Hall–Kier alpha value is -3.50. The zero-order valence-corrected chi connectivity index (χ0v) is 22.9. The van der Waals surface area contributed by atoms with Gasteiger partial charge in [-0.25, -0.2) is 4.39 Å². The van der Waals surface area contributed by atoms with Crippen LogP contribution in [0.3, 0.4) is 0 Å². The highest BCUT2D eigenvalue weighted by Gasteiger charge is 2.30. The Labute approximate surface area is 223 Å². The van der Waals surface area contributed by atoms with Crippen molar-refractivity contribution in [3.8, 4) is 5.75 Å². The van der Waals surface area contributed by atoms with Gasteiger partial charge >= 0.3 is 0 Å². The molecule has 0 unspecified atom stereocenters. The normalized spacial score (nSPS) is 20.7. The summed E-state index contributed by atoms with van der Waals surface area (Å²) in [5.41, 5.74) is 1.03. The summed E-state index contributed by atoms with van der Waals surface area (Å²) >= 11 is 0. The van der Waals surface area contributed by atoms with Gasteiger partial charge in [0.05, 0.1) is 24.3 Å². The quantitative estimate of drug-likeness (QED) is 0.642. The molecule has 0 bridgehead atoms. The summed E-state index contributed by atoms with van der Waals surface area (Å²) in [7, 11) is 6.98. The molecule has 0 saturated heterocycles. The molecule has 0 spiro atoms. The highest BCUT2D eigenvalue weighted by atomic mass is 19.1. The van der Waals surface area contributed by atoms with E-state index < -0.39 is 11.7 Å². The molecule has 38 heavy (non-hydrogen) atoms. The molecule has 0 saturated carbocycles. The molecular formula is C28H37FN4O5.